The van der Waals surface area contributed by atoms with Crippen molar-refractivity contribution in [1.29, 1.82) is 0 Å². The summed E-state index contributed by atoms with van der Waals surface area (Å²) in [5.74, 6) is 0.231. The van der Waals surface area contributed by atoms with Gasteiger partial charge in [-0.3, -0.25) is 14.6 Å². The molecule has 39 heavy (non-hydrogen) atoms. The minimum absolute atomic E-state index is 0.0472. The fourth-order valence-corrected chi connectivity index (χ4v) is 4.46. The first kappa shape index (κ1) is 27.5. The van der Waals surface area contributed by atoms with Gasteiger partial charge in [0, 0.05) is 24.5 Å². The molecule has 2 heterocycles. The Balaban J connectivity index is 1.86. The Bertz CT molecular complexity index is 1340. The number of aliphatic hydroxyl groups is 1. The maximum Gasteiger partial charge on any atom is 0.295 e. The molecule has 0 saturated carbocycles. The van der Waals surface area contributed by atoms with Gasteiger partial charge < -0.3 is 29.0 Å². The minimum Gasteiger partial charge on any atom is -0.507 e. The van der Waals surface area contributed by atoms with Crippen LogP contribution in [-0.2, 0) is 16.1 Å². The molecule has 3 aromatic rings. The molecular formula is C30H32N2O7. The number of Topliss-reactive ketones (excluding diaryl/α,β-unsaturated/α-hetero) is 1. The van der Waals surface area contributed by atoms with Gasteiger partial charge in [-0.05, 0) is 59.5 Å². The van der Waals surface area contributed by atoms with Gasteiger partial charge in [0.25, 0.3) is 11.7 Å². The van der Waals surface area contributed by atoms with Crippen molar-refractivity contribution in [2.75, 3.05) is 27.9 Å². The predicted molar refractivity (Wildman–Crippen MR) is 145 cm³/mol. The first-order chi connectivity index (χ1) is 18.8. The number of amides is 1. The summed E-state index contributed by atoms with van der Waals surface area (Å²) in [5.41, 5.74) is 1.56. The van der Waals surface area contributed by atoms with E-state index in [1.54, 1.807) is 54.9 Å². The Morgan fingerprint density at radius 3 is 2.21 bits per heavy atom. The van der Waals surface area contributed by atoms with Crippen molar-refractivity contribution in [3.05, 3.63) is 83.2 Å². The zero-order valence-corrected chi connectivity index (χ0v) is 22.6. The number of benzene rings is 2. The third-order valence-corrected chi connectivity index (χ3v) is 6.33. The first-order valence-corrected chi connectivity index (χ1v) is 12.5. The summed E-state index contributed by atoms with van der Waals surface area (Å²) in [7, 11) is 4.45. The standard InChI is InChI=1S/C30H32N2O7/c1-18(2)17-39-22-10-8-20(9-11-22)27(33)25-26(21-13-23(36-3)29(38-5)24(14-21)37-4)32(30(35)28(25)34)16-19-7-6-12-31-15-19/h6-15,18,26,33H,16-17H2,1-5H3/b27-25+. The smallest absolute Gasteiger partial charge is 0.295 e. The molecule has 0 bridgehead atoms. The Kier molecular flexibility index (Phi) is 8.39. The van der Waals surface area contributed by atoms with Gasteiger partial charge in [-0.1, -0.05) is 19.9 Å². The van der Waals surface area contributed by atoms with Gasteiger partial charge in [-0.2, -0.15) is 0 Å². The van der Waals surface area contributed by atoms with Crippen LogP contribution in [0.15, 0.2) is 66.5 Å². The van der Waals surface area contributed by atoms with Crippen LogP contribution in [-0.4, -0.2) is 54.6 Å². The number of aromatic nitrogens is 1. The molecule has 0 radical (unpaired) electrons. The fraction of sp³-hybridized carbons (Fsp3) is 0.300. The van der Waals surface area contributed by atoms with E-state index < -0.39 is 17.7 Å². The van der Waals surface area contributed by atoms with Gasteiger partial charge >= 0.3 is 0 Å². The Hall–Kier alpha value is -4.53. The molecule has 1 unspecified atom stereocenters. The largest absolute Gasteiger partial charge is 0.507 e. The average Bonchev–Trinajstić information content (AvgIpc) is 3.20. The van der Waals surface area contributed by atoms with Gasteiger partial charge in [-0.15, -0.1) is 0 Å². The summed E-state index contributed by atoms with van der Waals surface area (Å²) in [6.45, 7) is 4.74. The van der Waals surface area contributed by atoms with Gasteiger partial charge in [0.1, 0.15) is 11.5 Å². The highest BCUT2D eigenvalue weighted by Crippen LogP contribution is 2.46. The molecule has 1 N–H and O–H groups in total. The third kappa shape index (κ3) is 5.67. The van der Waals surface area contributed by atoms with Crippen molar-refractivity contribution >= 4 is 17.4 Å². The lowest BCUT2D eigenvalue weighted by molar-refractivity contribution is -0.140. The molecule has 1 aliphatic rings. The number of nitrogens with zero attached hydrogens (tertiary/aromatic N) is 2. The molecular weight excluding hydrogens is 500 g/mol. The number of carbonyl (C=O) groups excluding carboxylic acids is 2. The van der Waals surface area contributed by atoms with Crippen LogP contribution in [0.5, 0.6) is 23.0 Å². The number of pyridine rings is 1. The lowest BCUT2D eigenvalue weighted by atomic mass is 9.94. The summed E-state index contributed by atoms with van der Waals surface area (Å²) >= 11 is 0. The summed E-state index contributed by atoms with van der Waals surface area (Å²) in [6, 6.07) is 12.7. The maximum absolute atomic E-state index is 13.4. The van der Waals surface area contributed by atoms with E-state index in [0.29, 0.717) is 46.6 Å². The monoisotopic (exact) mass is 532 g/mol. The van der Waals surface area contributed by atoms with Gasteiger partial charge in [-0.25, -0.2) is 0 Å². The molecule has 9 nitrogen and oxygen atoms in total. The number of hydrogen-bond donors (Lipinski definition) is 1. The summed E-state index contributed by atoms with van der Waals surface area (Å²) in [6.07, 6.45) is 3.25. The summed E-state index contributed by atoms with van der Waals surface area (Å²) in [5, 5.41) is 11.4. The van der Waals surface area contributed by atoms with E-state index in [2.05, 4.69) is 4.98 Å². The number of ketones is 1. The fourth-order valence-electron chi connectivity index (χ4n) is 4.46. The molecule has 9 heteroatoms. The van der Waals surface area contributed by atoms with E-state index in [4.69, 9.17) is 18.9 Å². The quantitative estimate of drug-likeness (QED) is 0.226. The second-order valence-electron chi connectivity index (χ2n) is 9.48. The lowest BCUT2D eigenvalue weighted by Crippen LogP contribution is -2.29. The van der Waals surface area contributed by atoms with Crippen LogP contribution in [0.1, 0.15) is 36.6 Å². The second kappa shape index (κ2) is 11.9. The highest BCUT2D eigenvalue weighted by molar-refractivity contribution is 6.46. The Morgan fingerprint density at radius 1 is 1.00 bits per heavy atom. The van der Waals surface area contributed by atoms with Crippen molar-refractivity contribution in [3.8, 4) is 23.0 Å². The van der Waals surface area contributed by atoms with Crippen molar-refractivity contribution in [1.82, 2.24) is 9.88 Å². The van der Waals surface area contributed by atoms with E-state index in [1.807, 2.05) is 19.9 Å². The van der Waals surface area contributed by atoms with E-state index in [9.17, 15) is 14.7 Å². The molecule has 1 amide bonds. The molecule has 1 fully saturated rings. The van der Waals surface area contributed by atoms with E-state index >= 15 is 0 Å². The number of carbonyl (C=O) groups is 2. The van der Waals surface area contributed by atoms with Gasteiger partial charge in [0.05, 0.1) is 39.6 Å². The molecule has 1 atom stereocenters. The van der Waals surface area contributed by atoms with Gasteiger partial charge in [0.2, 0.25) is 5.75 Å². The lowest BCUT2D eigenvalue weighted by Gasteiger charge is -2.26. The van der Waals surface area contributed by atoms with E-state index in [0.717, 1.165) is 5.56 Å². The molecule has 1 saturated heterocycles. The zero-order valence-electron chi connectivity index (χ0n) is 22.6. The number of aliphatic hydroxyl groups excluding tert-OH is 1. The minimum atomic E-state index is -0.934. The third-order valence-electron chi connectivity index (χ3n) is 6.33. The van der Waals surface area contributed by atoms with Crippen molar-refractivity contribution < 1.29 is 33.6 Å². The molecule has 1 aromatic heterocycles. The highest BCUT2D eigenvalue weighted by Gasteiger charge is 2.46. The molecule has 2 aromatic carbocycles. The molecule has 204 valence electrons. The van der Waals surface area contributed by atoms with Crippen molar-refractivity contribution in [2.45, 2.75) is 26.4 Å². The number of rotatable bonds is 10. The number of methoxy groups -OCH3 is 3. The normalized spacial score (nSPS) is 16.5. The van der Waals surface area contributed by atoms with Crippen LogP contribution in [0.3, 0.4) is 0 Å². The summed E-state index contributed by atoms with van der Waals surface area (Å²) in [4.78, 5) is 32.4. The molecule has 0 spiro atoms. The van der Waals surface area contributed by atoms with Crippen LogP contribution < -0.4 is 18.9 Å². The van der Waals surface area contributed by atoms with Gasteiger partial charge in [0.15, 0.2) is 11.5 Å². The average molecular weight is 533 g/mol. The second-order valence-corrected chi connectivity index (χ2v) is 9.48. The van der Waals surface area contributed by atoms with E-state index in [-0.39, 0.29) is 17.9 Å². The Labute approximate surface area is 227 Å². The van der Waals surface area contributed by atoms with Crippen molar-refractivity contribution in [2.24, 2.45) is 5.92 Å². The number of ether oxygens (including phenoxy) is 4. The van der Waals surface area contributed by atoms with Crippen molar-refractivity contribution in [3.63, 3.8) is 0 Å². The molecule has 4 rings (SSSR count). The molecule has 1 aliphatic heterocycles. The summed E-state index contributed by atoms with van der Waals surface area (Å²) < 4.78 is 22.2. The predicted octanol–water partition coefficient (Wildman–Crippen LogP) is 4.76. The van der Waals surface area contributed by atoms with Crippen LogP contribution in [0.2, 0.25) is 0 Å². The number of likely N-dealkylation sites (tertiary alicyclic amines) is 1. The van der Waals surface area contributed by atoms with Crippen LogP contribution in [0.4, 0.5) is 0 Å². The zero-order chi connectivity index (χ0) is 28.1. The van der Waals surface area contributed by atoms with E-state index in [1.165, 1.54) is 26.2 Å². The Morgan fingerprint density at radius 2 is 1.67 bits per heavy atom. The maximum atomic E-state index is 13.4. The molecule has 0 aliphatic carbocycles. The van der Waals surface area contributed by atoms with Crippen LogP contribution in [0, 0.1) is 5.92 Å². The SMILES string of the molecule is COc1cc(C2/C(=C(\O)c3ccc(OCC(C)C)cc3)C(=O)C(=O)N2Cc2cccnc2)cc(OC)c1OC. The number of hydrogen-bond acceptors (Lipinski definition) is 8. The topological polar surface area (TPSA) is 107 Å². The van der Waals surface area contributed by atoms with Crippen LogP contribution in [0.25, 0.3) is 5.76 Å². The first-order valence-electron chi connectivity index (χ1n) is 12.5. The van der Waals surface area contributed by atoms with Crippen LogP contribution >= 0.6 is 0 Å². The highest BCUT2D eigenvalue weighted by atomic mass is 16.5.